The van der Waals surface area contributed by atoms with Gasteiger partial charge in [0.1, 0.15) is 17.4 Å². The van der Waals surface area contributed by atoms with Crippen LogP contribution in [-0.2, 0) is 0 Å². The van der Waals surface area contributed by atoms with E-state index in [2.05, 4.69) is 36.9 Å². The SMILES string of the molecule is CC(=O)c1ccc(N2CCN(c3ncnc4c3[nH]c3ccccc34)CC2)cc1. The summed E-state index contributed by atoms with van der Waals surface area (Å²) in [6, 6.07) is 16.1. The van der Waals surface area contributed by atoms with Gasteiger partial charge in [0.25, 0.3) is 0 Å². The highest BCUT2D eigenvalue weighted by Crippen LogP contribution is 2.30. The molecule has 1 aliphatic heterocycles. The summed E-state index contributed by atoms with van der Waals surface area (Å²) in [6.07, 6.45) is 1.66. The van der Waals surface area contributed by atoms with Crippen molar-refractivity contribution in [2.24, 2.45) is 0 Å². The maximum absolute atomic E-state index is 11.5. The van der Waals surface area contributed by atoms with E-state index in [1.165, 1.54) is 0 Å². The van der Waals surface area contributed by atoms with Crippen LogP contribution in [0, 0.1) is 0 Å². The average Bonchev–Trinajstić information content (AvgIpc) is 3.13. The van der Waals surface area contributed by atoms with E-state index in [4.69, 9.17) is 0 Å². The van der Waals surface area contributed by atoms with Gasteiger partial charge in [0, 0.05) is 48.3 Å². The molecular weight excluding hydrogens is 350 g/mol. The van der Waals surface area contributed by atoms with Gasteiger partial charge in [-0.15, -0.1) is 0 Å². The number of Topliss-reactive ketones (excluding diaryl/α,β-unsaturated/α-hetero) is 1. The van der Waals surface area contributed by atoms with Gasteiger partial charge in [-0.1, -0.05) is 18.2 Å². The predicted octanol–water partition coefficient (Wildman–Crippen LogP) is 3.64. The molecule has 0 saturated carbocycles. The molecule has 1 aliphatic rings. The highest BCUT2D eigenvalue weighted by Gasteiger charge is 2.21. The van der Waals surface area contributed by atoms with E-state index in [1.54, 1.807) is 13.3 Å². The van der Waals surface area contributed by atoms with Gasteiger partial charge in [-0.3, -0.25) is 4.79 Å². The van der Waals surface area contributed by atoms with Crippen LogP contribution in [0.25, 0.3) is 21.9 Å². The van der Waals surface area contributed by atoms with E-state index >= 15 is 0 Å². The van der Waals surface area contributed by atoms with Crippen molar-refractivity contribution in [1.82, 2.24) is 15.0 Å². The Morgan fingerprint density at radius 3 is 2.39 bits per heavy atom. The first kappa shape index (κ1) is 16.7. The molecule has 0 radical (unpaired) electrons. The van der Waals surface area contributed by atoms with E-state index in [1.807, 2.05) is 36.4 Å². The van der Waals surface area contributed by atoms with Gasteiger partial charge in [0.15, 0.2) is 11.6 Å². The zero-order valence-electron chi connectivity index (χ0n) is 15.7. The Balaban J connectivity index is 1.39. The Labute approximate surface area is 162 Å². The second-order valence-corrected chi connectivity index (χ2v) is 7.17. The molecular formula is C22H21N5O. The molecule has 0 spiro atoms. The van der Waals surface area contributed by atoms with Crippen LogP contribution in [-0.4, -0.2) is 46.9 Å². The predicted molar refractivity (Wildman–Crippen MR) is 112 cm³/mol. The summed E-state index contributed by atoms with van der Waals surface area (Å²) in [4.78, 5) is 28.7. The number of nitrogens with one attached hydrogen (secondary N) is 1. The molecule has 6 nitrogen and oxygen atoms in total. The van der Waals surface area contributed by atoms with Crippen LogP contribution in [0.15, 0.2) is 54.9 Å². The molecule has 2 aromatic heterocycles. The maximum atomic E-state index is 11.5. The van der Waals surface area contributed by atoms with Gasteiger partial charge in [-0.2, -0.15) is 0 Å². The summed E-state index contributed by atoms with van der Waals surface area (Å²) < 4.78 is 0. The molecule has 1 N–H and O–H groups in total. The van der Waals surface area contributed by atoms with Crippen molar-refractivity contribution in [3.8, 4) is 0 Å². The van der Waals surface area contributed by atoms with Crippen LogP contribution < -0.4 is 9.80 Å². The number of hydrogen-bond donors (Lipinski definition) is 1. The first-order chi connectivity index (χ1) is 13.7. The van der Waals surface area contributed by atoms with Crippen molar-refractivity contribution >= 4 is 39.2 Å². The van der Waals surface area contributed by atoms with E-state index in [0.717, 1.165) is 65.2 Å². The lowest BCUT2D eigenvalue weighted by molar-refractivity contribution is 0.101. The first-order valence-electron chi connectivity index (χ1n) is 9.53. The van der Waals surface area contributed by atoms with Gasteiger partial charge in [0.05, 0.1) is 0 Å². The molecule has 0 aliphatic carbocycles. The summed E-state index contributed by atoms with van der Waals surface area (Å²) in [5.74, 6) is 1.07. The van der Waals surface area contributed by atoms with E-state index in [-0.39, 0.29) is 5.78 Å². The largest absolute Gasteiger partial charge is 0.368 e. The number of para-hydroxylation sites is 1. The molecule has 140 valence electrons. The number of carbonyl (C=O) groups excluding carboxylic acids is 1. The molecule has 2 aromatic carbocycles. The molecule has 28 heavy (non-hydrogen) atoms. The minimum absolute atomic E-state index is 0.0995. The van der Waals surface area contributed by atoms with Crippen LogP contribution in [0.2, 0.25) is 0 Å². The number of benzene rings is 2. The molecule has 0 amide bonds. The fraction of sp³-hybridized carbons (Fsp3) is 0.227. The van der Waals surface area contributed by atoms with Crippen molar-refractivity contribution in [1.29, 1.82) is 0 Å². The number of rotatable bonds is 3. The topological polar surface area (TPSA) is 65.1 Å². The number of anilines is 2. The van der Waals surface area contributed by atoms with Crippen molar-refractivity contribution in [3.63, 3.8) is 0 Å². The molecule has 4 aromatic rings. The highest BCUT2D eigenvalue weighted by atomic mass is 16.1. The molecule has 5 rings (SSSR count). The summed E-state index contributed by atoms with van der Waals surface area (Å²) in [6.45, 7) is 5.18. The fourth-order valence-corrected chi connectivity index (χ4v) is 3.95. The molecule has 6 heteroatoms. The Morgan fingerprint density at radius 1 is 0.929 bits per heavy atom. The van der Waals surface area contributed by atoms with Crippen molar-refractivity contribution in [2.45, 2.75) is 6.92 Å². The number of nitrogens with zero attached hydrogens (tertiary/aromatic N) is 4. The van der Waals surface area contributed by atoms with Gasteiger partial charge in [-0.25, -0.2) is 9.97 Å². The van der Waals surface area contributed by atoms with Crippen LogP contribution in [0.3, 0.4) is 0 Å². The standard InChI is InChI=1S/C22H21N5O/c1-15(28)16-6-8-17(9-7-16)26-10-12-27(13-11-26)22-21-20(23-14-24-22)18-4-2-3-5-19(18)25-21/h2-9,14,25H,10-13H2,1H3. The molecule has 0 unspecified atom stereocenters. The number of piperazine rings is 1. The first-order valence-corrected chi connectivity index (χ1v) is 9.53. The Bertz CT molecular complexity index is 1160. The molecule has 0 atom stereocenters. The number of fused-ring (bicyclic) bond motifs is 3. The van der Waals surface area contributed by atoms with Crippen LogP contribution >= 0.6 is 0 Å². The summed E-state index contributed by atoms with van der Waals surface area (Å²) in [5, 5.41) is 1.13. The zero-order chi connectivity index (χ0) is 19.1. The lowest BCUT2D eigenvalue weighted by atomic mass is 10.1. The minimum Gasteiger partial charge on any atom is -0.368 e. The number of carbonyl (C=O) groups is 1. The Morgan fingerprint density at radius 2 is 1.64 bits per heavy atom. The Kier molecular flexibility index (Phi) is 3.97. The van der Waals surface area contributed by atoms with E-state index in [0.29, 0.717) is 0 Å². The molecule has 1 saturated heterocycles. The van der Waals surface area contributed by atoms with Gasteiger partial charge < -0.3 is 14.8 Å². The monoisotopic (exact) mass is 371 g/mol. The summed E-state index contributed by atoms with van der Waals surface area (Å²) >= 11 is 0. The second kappa shape index (κ2) is 6.64. The summed E-state index contributed by atoms with van der Waals surface area (Å²) in [7, 11) is 0. The van der Waals surface area contributed by atoms with Crippen molar-refractivity contribution < 1.29 is 4.79 Å². The molecule has 1 fully saturated rings. The smallest absolute Gasteiger partial charge is 0.159 e. The second-order valence-electron chi connectivity index (χ2n) is 7.17. The maximum Gasteiger partial charge on any atom is 0.159 e. The number of H-pyrrole nitrogens is 1. The number of aromatic nitrogens is 3. The molecule has 0 bridgehead atoms. The van der Waals surface area contributed by atoms with Gasteiger partial charge in [0.2, 0.25) is 0 Å². The van der Waals surface area contributed by atoms with E-state index < -0.39 is 0 Å². The number of ketones is 1. The van der Waals surface area contributed by atoms with Gasteiger partial charge >= 0.3 is 0 Å². The third-order valence-electron chi connectivity index (χ3n) is 5.49. The van der Waals surface area contributed by atoms with Crippen molar-refractivity contribution in [3.05, 3.63) is 60.4 Å². The normalized spacial score (nSPS) is 14.8. The third-order valence-corrected chi connectivity index (χ3v) is 5.49. The zero-order valence-corrected chi connectivity index (χ0v) is 15.7. The summed E-state index contributed by atoms with van der Waals surface area (Å²) in [5.41, 5.74) is 4.97. The van der Waals surface area contributed by atoms with Crippen LogP contribution in [0.5, 0.6) is 0 Å². The van der Waals surface area contributed by atoms with Gasteiger partial charge in [-0.05, 0) is 37.3 Å². The lowest BCUT2D eigenvalue weighted by Crippen LogP contribution is -2.47. The minimum atomic E-state index is 0.0995. The highest BCUT2D eigenvalue weighted by molar-refractivity contribution is 6.08. The lowest BCUT2D eigenvalue weighted by Gasteiger charge is -2.36. The Hall–Kier alpha value is -3.41. The quantitative estimate of drug-likeness (QED) is 0.557. The van der Waals surface area contributed by atoms with Crippen LogP contribution in [0.4, 0.5) is 11.5 Å². The molecule has 3 heterocycles. The van der Waals surface area contributed by atoms with Crippen molar-refractivity contribution in [2.75, 3.05) is 36.0 Å². The number of hydrogen-bond acceptors (Lipinski definition) is 5. The fourth-order valence-electron chi connectivity index (χ4n) is 3.95. The van der Waals surface area contributed by atoms with Crippen LogP contribution in [0.1, 0.15) is 17.3 Å². The third kappa shape index (κ3) is 2.78. The number of aromatic amines is 1. The average molecular weight is 371 g/mol. The van der Waals surface area contributed by atoms with E-state index in [9.17, 15) is 4.79 Å².